The summed E-state index contributed by atoms with van der Waals surface area (Å²) in [5, 5.41) is 9.49. The first kappa shape index (κ1) is 16.5. The van der Waals surface area contributed by atoms with Crippen molar-refractivity contribution >= 4 is 11.8 Å². The molecule has 0 bridgehead atoms. The number of fused-ring (bicyclic) bond motifs is 1. The molecule has 0 amide bonds. The highest BCUT2D eigenvalue weighted by atomic mass is 16.6. The Kier molecular flexibility index (Phi) is 3.84. The Hall–Kier alpha value is -1.93. The van der Waals surface area contributed by atoms with E-state index >= 15 is 0 Å². The average molecular weight is 349 g/mol. The average Bonchev–Trinajstić information content (AvgIpc) is 3.10. The van der Waals surface area contributed by atoms with E-state index in [9.17, 15) is 14.7 Å². The number of aliphatic hydroxyl groups excluding tert-OH is 1. The first-order valence-electron chi connectivity index (χ1n) is 8.87. The minimum Gasteiger partial charge on any atom is -0.453 e. The van der Waals surface area contributed by atoms with Crippen molar-refractivity contribution in [2.75, 3.05) is 12.3 Å². The van der Waals surface area contributed by atoms with Crippen LogP contribution in [0.1, 0.15) is 44.9 Å². The van der Waals surface area contributed by atoms with E-state index in [1.807, 2.05) is 0 Å². The van der Waals surface area contributed by atoms with Gasteiger partial charge in [-0.3, -0.25) is 9.36 Å². The molecule has 1 saturated heterocycles. The quantitative estimate of drug-likeness (QED) is 0.761. The number of nitrogen functional groups attached to an aromatic ring is 1. The summed E-state index contributed by atoms with van der Waals surface area (Å²) in [4.78, 5) is 28.6. The van der Waals surface area contributed by atoms with Crippen molar-refractivity contribution in [1.82, 2.24) is 9.55 Å². The van der Waals surface area contributed by atoms with Gasteiger partial charge in [-0.25, -0.2) is 4.79 Å². The van der Waals surface area contributed by atoms with Gasteiger partial charge in [-0.15, -0.1) is 0 Å². The first-order valence-corrected chi connectivity index (χ1v) is 8.87. The van der Waals surface area contributed by atoms with Crippen LogP contribution in [0.15, 0.2) is 17.1 Å². The summed E-state index contributed by atoms with van der Waals surface area (Å²) in [6.07, 6.45) is 6.72. The summed E-state index contributed by atoms with van der Waals surface area (Å²) >= 11 is 0. The first-order chi connectivity index (χ1) is 12.0. The molecule has 1 aliphatic heterocycles. The summed E-state index contributed by atoms with van der Waals surface area (Å²) in [7, 11) is 0. The molecule has 8 nitrogen and oxygen atoms in total. The summed E-state index contributed by atoms with van der Waals surface area (Å²) in [5.74, 6) is -0.184. The summed E-state index contributed by atoms with van der Waals surface area (Å²) in [6.45, 7) is -0.193. The van der Waals surface area contributed by atoms with Crippen LogP contribution in [0.5, 0.6) is 0 Å². The molecule has 3 unspecified atom stereocenters. The van der Waals surface area contributed by atoms with Crippen LogP contribution in [0.3, 0.4) is 0 Å². The van der Waals surface area contributed by atoms with Gasteiger partial charge in [0.05, 0.1) is 18.6 Å². The molecule has 0 spiro atoms. The molecular weight excluding hydrogens is 326 g/mol. The van der Waals surface area contributed by atoms with Crippen LogP contribution in [-0.4, -0.2) is 38.9 Å². The van der Waals surface area contributed by atoms with Crippen molar-refractivity contribution < 1.29 is 19.4 Å². The molecule has 3 aliphatic rings. The minimum atomic E-state index is -1.08. The van der Waals surface area contributed by atoms with Gasteiger partial charge in [0.15, 0.2) is 11.3 Å². The second-order valence-electron chi connectivity index (χ2n) is 7.34. The summed E-state index contributed by atoms with van der Waals surface area (Å²) < 4.78 is 13.2. The fourth-order valence-corrected chi connectivity index (χ4v) is 4.33. The van der Waals surface area contributed by atoms with E-state index in [4.69, 9.17) is 15.2 Å². The molecule has 4 rings (SSSR count). The maximum Gasteiger partial charge on any atom is 0.351 e. The van der Waals surface area contributed by atoms with Crippen LogP contribution in [0.2, 0.25) is 0 Å². The lowest BCUT2D eigenvalue weighted by Gasteiger charge is -2.24. The van der Waals surface area contributed by atoms with Crippen LogP contribution in [0, 0.1) is 5.92 Å². The van der Waals surface area contributed by atoms with Crippen molar-refractivity contribution in [3.05, 3.63) is 22.7 Å². The number of esters is 1. The fraction of sp³-hybridized carbons (Fsp3) is 0.706. The van der Waals surface area contributed by atoms with Crippen LogP contribution >= 0.6 is 0 Å². The van der Waals surface area contributed by atoms with Crippen LogP contribution in [0.4, 0.5) is 5.82 Å². The Morgan fingerprint density at radius 2 is 2.20 bits per heavy atom. The van der Waals surface area contributed by atoms with Gasteiger partial charge in [0.2, 0.25) is 0 Å². The number of aromatic nitrogens is 2. The number of hydrogen-bond donors (Lipinski definition) is 2. The van der Waals surface area contributed by atoms with Crippen molar-refractivity contribution in [2.45, 2.75) is 62.4 Å². The number of rotatable bonds is 4. The van der Waals surface area contributed by atoms with Crippen LogP contribution in [0.25, 0.3) is 0 Å². The molecule has 3 atom stereocenters. The third-order valence-corrected chi connectivity index (χ3v) is 5.68. The molecule has 0 aromatic carbocycles. The van der Waals surface area contributed by atoms with Gasteiger partial charge in [0, 0.05) is 19.0 Å². The van der Waals surface area contributed by atoms with E-state index in [1.165, 1.54) is 16.8 Å². The molecule has 1 aromatic heterocycles. The molecule has 8 heteroatoms. The van der Waals surface area contributed by atoms with E-state index in [0.717, 1.165) is 32.1 Å². The monoisotopic (exact) mass is 349 g/mol. The summed E-state index contributed by atoms with van der Waals surface area (Å²) in [6, 6.07) is 1.51. The molecule has 3 N–H and O–H groups in total. The fourth-order valence-electron chi connectivity index (χ4n) is 4.33. The third kappa shape index (κ3) is 2.55. The lowest BCUT2D eigenvalue weighted by Crippen LogP contribution is -2.39. The molecular formula is C17H23N3O5. The van der Waals surface area contributed by atoms with Gasteiger partial charge in [-0.2, -0.15) is 4.98 Å². The Balaban J connectivity index is 1.61. The molecule has 3 fully saturated rings. The van der Waals surface area contributed by atoms with Crippen molar-refractivity contribution in [3.63, 3.8) is 0 Å². The van der Waals surface area contributed by atoms with Gasteiger partial charge in [-0.1, -0.05) is 19.3 Å². The van der Waals surface area contributed by atoms with E-state index in [0.29, 0.717) is 12.8 Å². The van der Waals surface area contributed by atoms with Gasteiger partial charge in [0.1, 0.15) is 5.82 Å². The highest BCUT2D eigenvalue weighted by Crippen LogP contribution is 2.65. The SMILES string of the molecule is Nc1ccn(C23CC2(OC(=O)C2CCCCC2)CC(CO)O3)c(=O)n1. The molecule has 0 radical (unpaired) electrons. The number of aliphatic hydroxyl groups is 1. The zero-order valence-corrected chi connectivity index (χ0v) is 14.0. The third-order valence-electron chi connectivity index (χ3n) is 5.68. The predicted octanol–water partition coefficient (Wildman–Crippen LogP) is 0.526. The zero-order valence-electron chi connectivity index (χ0n) is 14.0. The number of carbonyl (C=O) groups excluding carboxylic acids is 1. The van der Waals surface area contributed by atoms with Crippen LogP contribution in [-0.2, 0) is 20.0 Å². The van der Waals surface area contributed by atoms with E-state index in [-0.39, 0.29) is 24.3 Å². The smallest absolute Gasteiger partial charge is 0.351 e. The number of nitrogens with zero attached hydrogens (tertiary/aromatic N) is 2. The zero-order chi connectivity index (χ0) is 17.7. The molecule has 1 aromatic rings. The molecule has 136 valence electrons. The van der Waals surface area contributed by atoms with Crippen molar-refractivity contribution in [3.8, 4) is 0 Å². The number of hydrogen-bond acceptors (Lipinski definition) is 7. The molecule has 2 aliphatic carbocycles. The number of anilines is 1. The summed E-state index contributed by atoms with van der Waals surface area (Å²) in [5.41, 5.74) is 3.02. The Morgan fingerprint density at radius 1 is 1.44 bits per heavy atom. The normalized spacial score (nSPS) is 34.5. The maximum absolute atomic E-state index is 12.6. The van der Waals surface area contributed by atoms with Gasteiger partial charge in [-0.05, 0) is 18.9 Å². The van der Waals surface area contributed by atoms with Crippen molar-refractivity contribution in [2.24, 2.45) is 5.92 Å². The molecule has 25 heavy (non-hydrogen) atoms. The van der Waals surface area contributed by atoms with Gasteiger partial charge in [0.25, 0.3) is 0 Å². The van der Waals surface area contributed by atoms with E-state index in [1.54, 1.807) is 0 Å². The molecule has 2 heterocycles. The topological polar surface area (TPSA) is 117 Å². The standard InChI is InChI=1S/C17H23N3O5/c18-13-6-7-20(15(23)19-13)17-10-16(17,8-12(9-21)24-17)25-14(22)11-4-2-1-3-5-11/h6-7,11-12,21H,1-5,8-10H2,(H2,18,19,23). The van der Waals surface area contributed by atoms with E-state index in [2.05, 4.69) is 4.98 Å². The predicted molar refractivity (Wildman–Crippen MR) is 87.5 cm³/mol. The number of ether oxygens (including phenoxy) is 2. The van der Waals surface area contributed by atoms with E-state index < -0.39 is 23.1 Å². The highest BCUT2D eigenvalue weighted by Gasteiger charge is 2.79. The second kappa shape index (κ2) is 5.81. The number of nitrogens with two attached hydrogens (primary N) is 1. The second-order valence-corrected chi connectivity index (χ2v) is 7.34. The highest BCUT2D eigenvalue weighted by molar-refractivity contribution is 5.73. The molecule has 2 saturated carbocycles. The maximum atomic E-state index is 12.6. The minimum absolute atomic E-state index is 0.0872. The largest absolute Gasteiger partial charge is 0.453 e. The lowest BCUT2D eigenvalue weighted by atomic mass is 9.89. The number of carbonyl (C=O) groups is 1. The van der Waals surface area contributed by atoms with Crippen molar-refractivity contribution in [1.29, 1.82) is 0 Å². The van der Waals surface area contributed by atoms with Gasteiger partial charge < -0.3 is 20.3 Å². The Labute approximate surface area is 144 Å². The lowest BCUT2D eigenvalue weighted by molar-refractivity contribution is -0.161. The Bertz CT molecular complexity index is 744. The van der Waals surface area contributed by atoms with Gasteiger partial charge >= 0.3 is 11.7 Å². The Morgan fingerprint density at radius 3 is 2.88 bits per heavy atom. The van der Waals surface area contributed by atoms with Crippen LogP contribution < -0.4 is 11.4 Å².